The van der Waals surface area contributed by atoms with Gasteiger partial charge >= 0.3 is 0 Å². The second-order valence-corrected chi connectivity index (χ2v) is 9.94. The van der Waals surface area contributed by atoms with E-state index < -0.39 is 0 Å². The van der Waals surface area contributed by atoms with E-state index in [-0.39, 0.29) is 10.8 Å². The molecule has 35 heavy (non-hydrogen) atoms. The second-order valence-electron chi connectivity index (χ2n) is 9.94. The van der Waals surface area contributed by atoms with Crippen molar-refractivity contribution in [3.63, 3.8) is 0 Å². The first-order valence-electron chi connectivity index (χ1n) is 12.4. The largest absolute Gasteiger partial charge is 0.479 e. The van der Waals surface area contributed by atoms with Gasteiger partial charge in [0.2, 0.25) is 0 Å². The molecule has 6 nitrogen and oxygen atoms in total. The molecule has 4 rings (SSSR count). The molecular formula is C29H38N2O4. The third kappa shape index (κ3) is 6.59. The van der Waals surface area contributed by atoms with E-state index in [0.717, 1.165) is 57.1 Å². The van der Waals surface area contributed by atoms with Crippen LogP contribution in [-0.4, -0.2) is 39.6 Å². The van der Waals surface area contributed by atoms with Crippen LogP contribution in [0.4, 0.5) is 11.4 Å². The molecule has 0 aliphatic carbocycles. The van der Waals surface area contributed by atoms with Crippen LogP contribution >= 0.6 is 0 Å². The Morgan fingerprint density at radius 2 is 1.09 bits per heavy atom. The van der Waals surface area contributed by atoms with Crippen molar-refractivity contribution in [1.29, 1.82) is 0 Å². The Labute approximate surface area is 209 Å². The highest BCUT2D eigenvalue weighted by Gasteiger charge is 2.38. The topological polar surface area (TPSA) is 61.0 Å². The maximum atomic E-state index is 5.84. The van der Waals surface area contributed by atoms with Crippen LogP contribution in [0.1, 0.15) is 37.8 Å². The van der Waals surface area contributed by atoms with Crippen molar-refractivity contribution in [2.75, 3.05) is 50.3 Å². The van der Waals surface area contributed by atoms with Gasteiger partial charge in [-0.05, 0) is 67.8 Å². The van der Waals surface area contributed by atoms with Gasteiger partial charge in [-0.25, -0.2) is 0 Å². The second kappa shape index (κ2) is 11.2. The first kappa shape index (κ1) is 25.1. The van der Waals surface area contributed by atoms with Crippen molar-refractivity contribution < 1.29 is 18.9 Å². The molecule has 0 amide bonds. The van der Waals surface area contributed by atoms with Gasteiger partial charge in [0.25, 0.3) is 0 Å². The molecule has 0 radical (unpaired) electrons. The number of hydrogen-bond donors (Lipinski definition) is 2. The molecule has 2 aliphatic rings. The Bertz CT molecular complexity index is 900. The summed E-state index contributed by atoms with van der Waals surface area (Å²) in [6, 6.07) is 16.7. The third-order valence-electron chi connectivity index (χ3n) is 7.12. The van der Waals surface area contributed by atoms with E-state index >= 15 is 0 Å². The molecule has 0 bridgehead atoms. The fourth-order valence-electron chi connectivity index (χ4n) is 4.08. The monoisotopic (exact) mass is 478 g/mol. The zero-order valence-electron chi connectivity index (χ0n) is 21.0. The number of nitrogens with one attached hydrogen (secondary N) is 2. The van der Waals surface area contributed by atoms with Crippen LogP contribution in [0.3, 0.4) is 0 Å². The zero-order valence-corrected chi connectivity index (χ0v) is 21.0. The number of ether oxygens (including phenoxy) is 4. The smallest absolute Gasteiger partial charge is 0.183 e. The Balaban J connectivity index is 1.20. The minimum Gasteiger partial charge on any atom is -0.479 e. The van der Waals surface area contributed by atoms with Crippen molar-refractivity contribution in [2.24, 2.45) is 10.8 Å². The fourth-order valence-corrected chi connectivity index (χ4v) is 4.08. The van der Waals surface area contributed by atoms with Gasteiger partial charge in [-0.2, -0.15) is 0 Å². The lowest BCUT2D eigenvalue weighted by Crippen LogP contribution is -2.45. The minimum absolute atomic E-state index is 0.142. The highest BCUT2D eigenvalue weighted by atomic mass is 16.5. The Morgan fingerprint density at radius 3 is 1.37 bits per heavy atom. The van der Waals surface area contributed by atoms with Crippen molar-refractivity contribution >= 4 is 11.4 Å². The molecule has 0 unspecified atom stereocenters. The molecule has 0 saturated carbocycles. The predicted molar refractivity (Wildman–Crippen MR) is 140 cm³/mol. The van der Waals surface area contributed by atoms with Crippen molar-refractivity contribution in [2.45, 2.75) is 33.1 Å². The van der Waals surface area contributed by atoms with Gasteiger partial charge in [0, 0.05) is 11.4 Å². The molecule has 2 heterocycles. The summed E-state index contributed by atoms with van der Waals surface area (Å²) >= 11 is 0. The van der Waals surface area contributed by atoms with E-state index in [1.165, 1.54) is 11.1 Å². The molecule has 6 heteroatoms. The number of hydrogen-bond acceptors (Lipinski definition) is 6. The summed E-state index contributed by atoms with van der Waals surface area (Å²) in [4.78, 5) is 0. The Kier molecular flexibility index (Phi) is 8.04. The van der Waals surface area contributed by atoms with Gasteiger partial charge in [-0.15, -0.1) is 0 Å². The third-order valence-corrected chi connectivity index (χ3v) is 7.12. The molecule has 188 valence electrons. The Hall–Kier alpha value is -2.96. The van der Waals surface area contributed by atoms with E-state index in [1.807, 2.05) is 0 Å². The SMILES string of the molecule is C=C(Nc1ccc(Cc2ccc(NC(=C)OCC3(CC)COC3)cc2)cc1)OCC1(CC)COC1. The lowest BCUT2D eigenvalue weighted by molar-refractivity contribution is -0.142. The molecule has 2 saturated heterocycles. The summed E-state index contributed by atoms with van der Waals surface area (Å²) in [5.74, 6) is 1.13. The van der Waals surface area contributed by atoms with Crippen LogP contribution in [0.25, 0.3) is 0 Å². The van der Waals surface area contributed by atoms with Gasteiger partial charge in [0.05, 0.1) is 50.5 Å². The van der Waals surface area contributed by atoms with Crippen LogP contribution < -0.4 is 10.6 Å². The van der Waals surface area contributed by atoms with E-state index in [2.05, 4.69) is 86.2 Å². The van der Waals surface area contributed by atoms with Crippen LogP contribution in [0.2, 0.25) is 0 Å². The molecule has 2 fully saturated rings. The van der Waals surface area contributed by atoms with Crippen LogP contribution in [0.15, 0.2) is 73.5 Å². The molecule has 2 N–H and O–H groups in total. The molecule has 2 aromatic carbocycles. The number of benzene rings is 2. The van der Waals surface area contributed by atoms with Crippen LogP contribution in [0.5, 0.6) is 0 Å². The van der Waals surface area contributed by atoms with Crippen LogP contribution in [-0.2, 0) is 25.4 Å². The summed E-state index contributed by atoms with van der Waals surface area (Å²) in [5.41, 5.74) is 4.68. The first-order valence-corrected chi connectivity index (χ1v) is 12.4. The van der Waals surface area contributed by atoms with Gasteiger partial charge < -0.3 is 29.6 Å². The fraction of sp³-hybridized carbons (Fsp3) is 0.448. The van der Waals surface area contributed by atoms with E-state index in [0.29, 0.717) is 25.0 Å². The van der Waals surface area contributed by atoms with Crippen molar-refractivity contribution in [3.8, 4) is 0 Å². The summed E-state index contributed by atoms with van der Waals surface area (Å²) in [6.07, 6.45) is 2.95. The van der Waals surface area contributed by atoms with Gasteiger partial charge in [0.15, 0.2) is 11.8 Å². The maximum Gasteiger partial charge on any atom is 0.183 e. The minimum atomic E-state index is 0.142. The summed E-state index contributed by atoms with van der Waals surface area (Å²) in [5, 5.41) is 6.48. The highest BCUT2D eigenvalue weighted by molar-refractivity contribution is 5.50. The zero-order chi connectivity index (χ0) is 24.7. The maximum absolute atomic E-state index is 5.84. The van der Waals surface area contributed by atoms with E-state index in [9.17, 15) is 0 Å². The quantitative estimate of drug-likeness (QED) is 0.328. The average Bonchev–Trinajstić information content (AvgIpc) is 2.81. The van der Waals surface area contributed by atoms with E-state index in [4.69, 9.17) is 18.9 Å². The molecule has 0 atom stereocenters. The van der Waals surface area contributed by atoms with Gasteiger partial charge in [0.1, 0.15) is 0 Å². The molecule has 0 aromatic heterocycles. The van der Waals surface area contributed by atoms with Crippen molar-refractivity contribution in [3.05, 3.63) is 84.6 Å². The van der Waals surface area contributed by atoms with Gasteiger partial charge in [-0.3, -0.25) is 0 Å². The molecule has 2 aliphatic heterocycles. The predicted octanol–water partition coefficient (Wildman–Crippen LogP) is 5.93. The van der Waals surface area contributed by atoms with Gasteiger partial charge in [-0.1, -0.05) is 38.1 Å². The Morgan fingerprint density at radius 1 is 0.714 bits per heavy atom. The normalized spacial score (nSPS) is 17.4. The van der Waals surface area contributed by atoms with E-state index in [1.54, 1.807) is 0 Å². The van der Waals surface area contributed by atoms with Crippen molar-refractivity contribution in [1.82, 2.24) is 0 Å². The molecule has 0 spiro atoms. The number of anilines is 2. The number of rotatable bonds is 14. The molecule has 2 aromatic rings. The summed E-state index contributed by atoms with van der Waals surface area (Å²) in [7, 11) is 0. The summed E-state index contributed by atoms with van der Waals surface area (Å²) in [6.45, 7) is 16.7. The first-order chi connectivity index (χ1) is 16.9. The summed E-state index contributed by atoms with van der Waals surface area (Å²) < 4.78 is 22.4. The molecular weight excluding hydrogens is 440 g/mol. The highest BCUT2D eigenvalue weighted by Crippen LogP contribution is 2.33. The standard InChI is InChI=1S/C29H38N2O4/c1-5-28(16-32-17-28)20-34-22(3)30-26-11-7-24(8-12-26)15-25-9-13-27(14-10-25)31-23(4)35-21-29(6-2)18-33-19-29/h7-14,30-31H,3-6,15-21H2,1-2H3. The lowest BCUT2D eigenvalue weighted by atomic mass is 9.84. The average molecular weight is 479 g/mol. The lowest BCUT2D eigenvalue weighted by Gasteiger charge is -2.40. The van der Waals surface area contributed by atoms with Crippen LogP contribution in [0, 0.1) is 10.8 Å².